The maximum absolute atomic E-state index is 12.2. The highest BCUT2D eigenvalue weighted by molar-refractivity contribution is 5.91. The molecule has 0 spiro atoms. The minimum Gasteiger partial charge on any atom is -0.371 e. The number of hydrogen-bond donors (Lipinski definition) is 1. The van der Waals surface area contributed by atoms with Crippen molar-refractivity contribution in [2.75, 3.05) is 23.3 Å². The normalized spacial score (nSPS) is 16.8. The molecule has 5 nitrogen and oxygen atoms in total. The molecule has 1 amide bonds. The zero-order chi connectivity index (χ0) is 16.3. The average Bonchev–Trinajstić information content (AvgIpc) is 3.22. The lowest BCUT2D eigenvalue weighted by Crippen LogP contribution is -2.20. The highest BCUT2D eigenvalue weighted by Crippen LogP contribution is 2.37. The van der Waals surface area contributed by atoms with Crippen molar-refractivity contribution in [3.63, 3.8) is 0 Å². The van der Waals surface area contributed by atoms with Crippen LogP contribution < -0.4 is 10.2 Å². The van der Waals surface area contributed by atoms with E-state index < -0.39 is 0 Å². The number of nitrogens with one attached hydrogen (secondary N) is 1. The van der Waals surface area contributed by atoms with E-state index in [1.807, 2.05) is 6.07 Å². The second-order valence-electron chi connectivity index (χ2n) is 6.11. The van der Waals surface area contributed by atoms with Crippen LogP contribution in [0, 0.1) is 12.3 Å². The smallest absolute Gasteiger partial charge is 0.224 e. The van der Waals surface area contributed by atoms with E-state index in [0.29, 0.717) is 19.3 Å². The van der Waals surface area contributed by atoms with Crippen LogP contribution in [0.25, 0.3) is 0 Å². The first-order chi connectivity index (χ1) is 11.2. The molecule has 0 saturated heterocycles. The van der Waals surface area contributed by atoms with Crippen LogP contribution in [-0.4, -0.2) is 24.7 Å². The Hall–Kier alpha value is -2.35. The number of amides is 1. The van der Waals surface area contributed by atoms with Gasteiger partial charge in [-0.25, -0.2) is 0 Å². The molecule has 3 rings (SSSR count). The van der Waals surface area contributed by atoms with Crippen molar-refractivity contribution >= 4 is 17.3 Å². The molecule has 5 heteroatoms. The molecular weight excluding hydrogens is 288 g/mol. The van der Waals surface area contributed by atoms with E-state index in [-0.39, 0.29) is 11.6 Å². The Bertz CT molecular complexity index is 668. The molecule has 1 N–H and O–H groups in total. The molecule has 0 aromatic heterocycles. The monoisotopic (exact) mass is 310 g/mol. The molecule has 0 atom stereocenters. The summed E-state index contributed by atoms with van der Waals surface area (Å²) in [5, 5.41) is 11.1. The van der Waals surface area contributed by atoms with Crippen molar-refractivity contribution in [3.8, 4) is 12.3 Å². The number of anilines is 2. The Morgan fingerprint density at radius 2 is 2.26 bits per heavy atom. The highest BCUT2D eigenvalue weighted by atomic mass is 16.1. The third-order valence-corrected chi connectivity index (χ3v) is 4.55. The van der Waals surface area contributed by atoms with Gasteiger partial charge in [-0.2, -0.15) is 10.2 Å². The van der Waals surface area contributed by atoms with Crippen molar-refractivity contribution in [3.05, 3.63) is 23.8 Å². The molecule has 0 radical (unpaired) electrons. The Labute approximate surface area is 137 Å². The van der Waals surface area contributed by atoms with Crippen molar-refractivity contribution in [2.24, 2.45) is 10.2 Å². The zero-order valence-corrected chi connectivity index (χ0v) is 13.5. The van der Waals surface area contributed by atoms with Gasteiger partial charge in [-0.15, -0.1) is 12.3 Å². The van der Waals surface area contributed by atoms with Crippen LogP contribution in [0.2, 0.25) is 0 Å². The van der Waals surface area contributed by atoms with Crippen LogP contribution >= 0.6 is 0 Å². The summed E-state index contributed by atoms with van der Waals surface area (Å²) in [6, 6.07) is 6.17. The van der Waals surface area contributed by atoms with Crippen molar-refractivity contribution in [1.29, 1.82) is 0 Å². The number of terminal acetylenes is 1. The molecule has 1 aromatic carbocycles. The second kappa shape index (κ2) is 6.41. The van der Waals surface area contributed by atoms with E-state index in [4.69, 9.17) is 6.42 Å². The maximum Gasteiger partial charge on any atom is 0.224 e. The van der Waals surface area contributed by atoms with E-state index in [1.165, 1.54) is 11.3 Å². The first kappa shape index (κ1) is 15.5. The molecule has 0 aliphatic carbocycles. The predicted octanol–water partition coefficient (Wildman–Crippen LogP) is 3.36. The third-order valence-electron chi connectivity index (χ3n) is 4.55. The van der Waals surface area contributed by atoms with Gasteiger partial charge < -0.3 is 10.2 Å². The lowest BCUT2D eigenvalue weighted by Gasteiger charge is -2.17. The Balaban J connectivity index is 1.54. The van der Waals surface area contributed by atoms with Gasteiger partial charge in [0, 0.05) is 50.1 Å². The van der Waals surface area contributed by atoms with Crippen LogP contribution in [0.1, 0.15) is 38.2 Å². The molecule has 23 heavy (non-hydrogen) atoms. The molecule has 1 aromatic rings. The number of carbonyl (C=O) groups is 1. The first-order valence-electron chi connectivity index (χ1n) is 8.21. The van der Waals surface area contributed by atoms with Crippen LogP contribution in [0.4, 0.5) is 11.4 Å². The van der Waals surface area contributed by atoms with Crippen molar-refractivity contribution in [2.45, 2.75) is 44.7 Å². The summed E-state index contributed by atoms with van der Waals surface area (Å²) in [6.45, 7) is 4.20. The molecule has 0 unspecified atom stereocenters. The Kier molecular flexibility index (Phi) is 4.33. The molecule has 2 aliphatic rings. The van der Waals surface area contributed by atoms with Crippen LogP contribution in [0.5, 0.6) is 0 Å². The highest BCUT2D eigenvalue weighted by Gasteiger charge is 2.39. The van der Waals surface area contributed by atoms with Crippen LogP contribution in [0.15, 0.2) is 28.4 Å². The largest absolute Gasteiger partial charge is 0.371 e. The van der Waals surface area contributed by atoms with E-state index in [1.54, 1.807) is 0 Å². The number of nitrogens with zero attached hydrogens (tertiary/aromatic N) is 3. The molecule has 0 bridgehead atoms. The van der Waals surface area contributed by atoms with Gasteiger partial charge in [0.05, 0.1) is 0 Å². The summed E-state index contributed by atoms with van der Waals surface area (Å²) in [6.07, 6.45) is 8.78. The fraction of sp³-hybridized carbons (Fsp3) is 0.500. The minimum atomic E-state index is -0.388. The standard InChI is InChI=1S/C18H22N4O/c1-3-5-10-18(20-21-18)11-8-17(23)19-15-7-6-14-9-12-22(4-2)16(14)13-15/h1,6-7,13H,4-5,8-12H2,2H3,(H,19,23). The Morgan fingerprint density at radius 1 is 1.43 bits per heavy atom. The summed E-state index contributed by atoms with van der Waals surface area (Å²) in [4.78, 5) is 14.5. The molecule has 0 fully saturated rings. The second-order valence-corrected chi connectivity index (χ2v) is 6.11. The van der Waals surface area contributed by atoms with Crippen LogP contribution in [-0.2, 0) is 11.2 Å². The topological polar surface area (TPSA) is 57.1 Å². The summed E-state index contributed by atoms with van der Waals surface area (Å²) < 4.78 is 0. The van der Waals surface area contributed by atoms with Gasteiger partial charge in [-0.05, 0) is 31.0 Å². The predicted molar refractivity (Wildman–Crippen MR) is 91.6 cm³/mol. The fourth-order valence-corrected chi connectivity index (χ4v) is 3.06. The van der Waals surface area contributed by atoms with Gasteiger partial charge in [0.1, 0.15) is 0 Å². The number of rotatable bonds is 7. The molecular formula is C18H22N4O. The SMILES string of the molecule is C#CCCC1(CCC(=O)Nc2ccc3c(c2)N(CC)CC3)N=N1. The fourth-order valence-electron chi connectivity index (χ4n) is 3.06. The van der Waals surface area contributed by atoms with E-state index in [0.717, 1.165) is 31.6 Å². The van der Waals surface area contributed by atoms with E-state index >= 15 is 0 Å². The zero-order valence-electron chi connectivity index (χ0n) is 13.5. The van der Waals surface area contributed by atoms with Crippen molar-refractivity contribution in [1.82, 2.24) is 0 Å². The van der Waals surface area contributed by atoms with Gasteiger partial charge in [0.2, 0.25) is 5.91 Å². The lowest BCUT2D eigenvalue weighted by molar-refractivity contribution is -0.116. The summed E-state index contributed by atoms with van der Waals surface area (Å²) in [5.41, 5.74) is 3.06. The third kappa shape index (κ3) is 3.53. The van der Waals surface area contributed by atoms with E-state index in [9.17, 15) is 4.79 Å². The Morgan fingerprint density at radius 3 is 2.96 bits per heavy atom. The number of likely N-dealkylation sites (N-methyl/N-ethyl adjacent to an activating group) is 1. The quantitative estimate of drug-likeness (QED) is 0.785. The van der Waals surface area contributed by atoms with Gasteiger partial charge in [-0.1, -0.05) is 6.07 Å². The van der Waals surface area contributed by atoms with Gasteiger partial charge >= 0.3 is 0 Å². The van der Waals surface area contributed by atoms with Gasteiger partial charge in [0.15, 0.2) is 5.66 Å². The summed E-state index contributed by atoms with van der Waals surface area (Å²) in [5.74, 6) is 2.60. The lowest BCUT2D eigenvalue weighted by atomic mass is 10.0. The van der Waals surface area contributed by atoms with Crippen molar-refractivity contribution < 1.29 is 4.79 Å². The molecule has 120 valence electrons. The van der Waals surface area contributed by atoms with Gasteiger partial charge in [0.25, 0.3) is 0 Å². The number of benzene rings is 1. The maximum atomic E-state index is 12.2. The minimum absolute atomic E-state index is 0.00313. The summed E-state index contributed by atoms with van der Waals surface area (Å²) >= 11 is 0. The molecule has 2 aliphatic heterocycles. The van der Waals surface area contributed by atoms with E-state index in [2.05, 4.69) is 45.4 Å². The average molecular weight is 310 g/mol. The number of carbonyl (C=O) groups excluding carboxylic acids is 1. The number of hydrogen-bond acceptors (Lipinski definition) is 4. The van der Waals surface area contributed by atoms with Crippen LogP contribution in [0.3, 0.4) is 0 Å². The molecule has 0 saturated carbocycles. The van der Waals surface area contributed by atoms with Gasteiger partial charge in [-0.3, -0.25) is 4.79 Å². The summed E-state index contributed by atoms with van der Waals surface area (Å²) in [7, 11) is 0. The molecule has 2 heterocycles. The number of fused-ring (bicyclic) bond motifs is 1. The first-order valence-corrected chi connectivity index (χ1v) is 8.21.